The summed E-state index contributed by atoms with van der Waals surface area (Å²) in [5.41, 5.74) is 5.29. The Morgan fingerprint density at radius 2 is 1.92 bits per heavy atom. The molecule has 4 nitrogen and oxygen atoms in total. The molecule has 0 saturated carbocycles. The number of hydrogen-bond acceptors (Lipinski definition) is 4. The molecule has 2 atom stereocenters. The van der Waals surface area contributed by atoms with Crippen molar-refractivity contribution in [3.63, 3.8) is 0 Å². The molecule has 8 heteroatoms. The van der Waals surface area contributed by atoms with Crippen LogP contribution in [0.5, 0.6) is 0 Å². The zero-order valence-corrected chi connectivity index (χ0v) is 15.1. The minimum atomic E-state index is -4.55. The number of fused-ring (bicyclic) bond motifs is 1. The minimum absolute atomic E-state index is 0.115. The first-order valence-corrected chi connectivity index (χ1v) is 8.95. The summed E-state index contributed by atoms with van der Waals surface area (Å²) in [6.07, 6.45) is -3.51. The van der Waals surface area contributed by atoms with Crippen LogP contribution in [0.4, 0.5) is 18.9 Å². The van der Waals surface area contributed by atoms with Gasteiger partial charge in [-0.2, -0.15) is 13.2 Å². The number of amides is 1. The number of rotatable bonds is 1. The van der Waals surface area contributed by atoms with Crippen LogP contribution in [-0.4, -0.2) is 28.9 Å². The average molecular weight is 371 g/mol. The molecule has 2 N–H and O–H groups in total. The lowest BCUT2D eigenvalue weighted by Gasteiger charge is -2.34. The Balaban J connectivity index is 2.09. The molecule has 0 aliphatic carbocycles. The van der Waals surface area contributed by atoms with E-state index in [0.29, 0.717) is 24.9 Å². The van der Waals surface area contributed by atoms with Crippen molar-refractivity contribution >= 4 is 33.1 Å². The smallest absolute Gasteiger partial charge is 0.397 e. The SMILES string of the molecule is Cc1cc(C(F)(F)F)c2c(N)c(C(=O)N3C[C@H](C)C[C@@H](C)C3)sc2n1. The Labute approximate surface area is 147 Å². The first kappa shape index (κ1) is 18.0. The monoisotopic (exact) mass is 371 g/mol. The third kappa shape index (κ3) is 3.31. The number of thiophene rings is 1. The lowest BCUT2D eigenvalue weighted by molar-refractivity contribution is -0.136. The number of aryl methyl sites for hydroxylation is 1. The van der Waals surface area contributed by atoms with Gasteiger partial charge in [0.1, 0.15) is 9.71 Å². The van der Waals surface area contributed by atoms with Gasteiger partial charge in [0.15, 0.2) is 0 Å². The van der Waals surface area contributed by atoms with E-state index in [0.717, 1.165) is 23.8 Å². The Bertz CT molecular complexity index is 821. The van der Waals surface area contributed by atoms with Gasteiger partial charge in [0.05, 0.1) is 11.3 Å². The number of piperidine rings is 1. The third-order valence-corrected chi connectivity index (χ3v) is 5.57. The lowest BCUT2D eigenvalue weighted by atomic mass is 9.92. The fourth-order valence-electron chi connectivity index (χ4n) is 3.60. The van der Waals surface area contributed by atoms with E-state index in [1.807, 2.05) is 0 Å². The van der Waals surface area contributed by atoms with Crippen LogP contribution in [-0.2, 0) is 6.18 Å². The fraction of sp³-hybridized carbons (Fsp3) is 0.529. The Hall–Kier alpha value is -1.83. The van der Waals surface area contributed by atoms with E-state index >= 15 is 0 Å². The summed E-state index contributed by atoms with van der Waals surface area (Å²) in [5.74, 6) is 0.411. The van der Waals surface area contributed by atoms with Crippen LogP contribution >= 0.6 is 11.3 Å². The quantitative estimate of drug-likeness (QED) is 0.812. The molecule has 1 saturated heterocycles. The number of anilines is 1. The summed E-state index contributed by atoms with van der Waals surface area (Å²) in [6.45, 7) is 6.82. The van der Waals surface area contributed by atoms with E-state index in [1.54, 1.807) is 4.90 Å². The molecule has 1 aliphatic rings. The second kappa shape index (κ2) is 6.16. The summed E-state index contributed by atoms with van der Waals surface area (Å²) in [7, 11) is 0. The number of nitrogens with two attached hydrogens (primary N) is 1. The maximum Gasteiger partial charge on any atom is 0.417 e. The molecule has 25 heavy (non-hydrogen) atoms. The number of nitrogen functional groups attached to an aromatic ring is 1. The molecule has 3 rings (SSSR count). The predicted molar refractivity (Wildman–Crippen MR) is 92.6 cm³/mol. The van der Waals surface area contributed by atoms with Gasteiger partial charge in [0.25, 0.3) is 5.91 Å². The fourth-order valence-corrected chi connectivity index (χ4v) is 4.73. The number of nitrogens with zero attached hydrogens (tertiary/aromatic N) is 2. The molecule has 2 aromatic rings. The van der Waals surface area contributed by atoms with Gasteiger partial charge in [-0.3, -0.25) is 4.79 Å². The maximum atomic E-state index is 13.4. The van der Waals surface area contributed by atoms with Crippen molar-refractivity contribution in [3.05, 3.63) is 22.2 Å². The summed E-state index contributed by atoms with van der Waals surface area (Å²) in [4.78, 5) is 19.0. The summed E-state index contributed by atoms with van der Waals surface area (Å²) in [6, 6.07) is 0.977. The molecular weight excluding hydrogens is 351 g/mol. The highest BCUT2D eigenvalue weighted by molar-refractivity contribution is 7.21. The third-order valence-electron chi connectivity index (χ3n) is 4.48. The van der Waals surface area contributed by atoms with Gasteiger partial charge in [0.2, 0.25) is 0 Å². The van der Waals surface area contributed by atoms with Crippen molar-refractivity contribution in [1.82, 2.24) is 9.88 Å². The minimum Gasteiger partial charge on any atom is -0.397 e. The van der Waals surface area contributed by atoms with Crippen molar-refractivity contribution in [2.24, 2.45) is 11.8 Å². The predicted octanol–water partition coefficient (Wildman–Crippen LogP) is 4.32. The second-order valence-electron chi connectivity index (χ2n) is 6.99. The molecule has 1 aliphatic heterocycles. The lowest BCUT2D eigenvalue weighted by Crippen LogP contribution is -2.42. The second-order valence-corrected chi connectivity index (χ2v) is 7.99. The molecule has 0 aromatic carbocycles. The number of halogens is 3. The Morgan fingerprint density at radius 1 is 1.32 bits per heavy atom. The molecule has 2 aromatic heterocycles. The van der Waals surface area contributed by atoms with Crippen LogP contribution in [0.1, 0.15) is 41.2 Å². The molecule has 0 spiro atoms. The molecule has 136 valence electrons. The number of carbonyl (C=O) groups is 1. The van der Waals surface area contributed by atoms with Gasteiger partial charge in [-0.1, -0.05) is 13.8 Å². The van der Waals surface area contributed by atoms with E-state index in [-0.39, 0.29) is 32.4 Å². The molecule has 3 heterocycles. The first-order chi connectivity index (χ1) is 11.6. The van der Waals surface area contributed by atoms with Crippen LogP contribution in [0.25, 0.3) is 10.2 Å². The average Bonchev–Trinajstić information content (AvgIpc) is 2.80. The zero-order chi connectivity index (χ0) is 18.5. The molecule has 1 fully saturated rings. The summed E-state index contributed by atoms with van der Waals surface area (Å²) in [5, 5.41) is -0.162. The Morgan fingerprint density at radius 3 is 2.48 bits per heavy atom. The highest BCUT2D eigenvalue weighted by Gasteiger charge is 2.36. The number of pyridine rings is 1. The standard InChI is InChI=1S/C17H20F3N3OS/c1-8-4-9(2)7-23(6-8)16(24)14-13(21)12-11(17(18,19)20)5-10(3)22-15(12)25-14/h5,8-9H,4,6-7,21H2,1-3H3/t8-,9-/m1/s1. The maximum absolute atomic E-state index is 13.4. The van der Waals surface area contributed by atoms with E-state index in [1.165, 1.54) is 6.92 Å². The van der Waals surface area contributed by atoms with Gasteiger partial charge >= 0.3 is 6.18 Å². The molecule has 0 unspecified atom stereocenters. The molecule has 1 amide bonds. The van der Waals surface area contributed by atoms with Gasteiger partial charge < -0.3 is 10.6 Å². The van der Waals surface area contributed by atoms with Gasteiger partial charge in [0, 0.05) is 24.2 Å². The van der Waals surface area contributed by atoms with Gasteiger partial charge in [-0.25, -0.2) is 4.98 Å². The highest BCUT2D eigenvalue weighted by Crippen LogP contribution is 2.42. The topological polar surface area (TPSA) is 59.2 Å². The largest absolute Gasteiger partial charge is 0.417 e. The van der Waals surface area contributed by atoms with E-state index < -0.39 is 11.7 Å². The van der Waals surface area contributed by atoms with Crippen LogP contribution < -0.4 is 5.73 Å². The molecular formula is C17H20F3N3OS. The summed E-state index contributed by atoms with van der Waals surface area (Å²) < 4.78 is 40.1. The van der Waals surface area contributed by atoms with Crippen molar-refractivity contribution in [2.75, 3.05) is 18.8 Å². The van der Waals surface area contributed by atoms with Crippen LogP contribution in [0.15, 0.2) is 6.07 Å². The summed E-state index contributed by atoms with van der Waals surface area (Å²) >= 11 is 0.945. The zero-order valence-electron chi connectivity index (χ0n) is 14.3. The number of aromatic nitrogens is 1. The van der Waals surface area contributed by atoms with Crippen LogP contribution in [0, 0.1) is 18.8 Å². The van der Waals surface area contributed by atoms with Crippen LogP contribution in [0.2, 0.25) is 0 Å². The van der Waals surface area contributed by atoms with E-state index in [2.05, 4.69) is 18.8 Å². The van der Waals surface area contributed by atoms with E-state index in [9.17, 15) is 18.0 Å². The number of likely N-dealkylation sites (tertiary alicyclic amines) is 1. The first-order valence-electron chi connectivity index (χ1n) is 8.14. The van der Waals surface area contributed by atoms with Crippen molar-refractivity contribution < 1.29 is 18.0 Å². The molecule has 0 radical (unpaired) electrons. The van der Waals surface area contributed by atoms with Gasteiger partial charge in [-0.15, -0.1) is 11.3 Å². The van der Waals surface area contributed by atoms with Crippen LogP contribution in [0.3, 0.4) is 0 Å². The number of carbonyl (C=O) groups excluding carboxylic acids is 1. The van der Waals surface area contributed by atoms with Crippen molar-refractivity contribution in [2.45, 2.75) is 33.4 Å². The van der Waals surface area contributed by atoms with Crippen molar-refractivity contribution in [3.8, 4) is 0 Å². The molecule has 0 bridgehead atoms. The van der Waals surface area contributed by atoms with Gasteiger partial charge in [-0.05, 0) is 31.2 Å². The highest BCUT2D eigenvalue weighted by atomic mass is 32.1. The number of hydrogen-bond donors (Lipinski definition) is 1. The normalized spacial score (nSPS) is 21.8. The number of alkyl halides is 3. The van der Waals surface area contributed by atoms with E-state index in [4.69, 9.17) is 5.73 Å². The Kier molecular flexibility index (Phi) is 4.43. The van der Waals surface area contributed by atoms with Crippen molar-refractivity contribution in [1.29, 1.82) is 0 Å².